The Balaban J connectivity index is 2.30. The number of halogens is 1. The number of nitrogens with zero attached hydrogens (tertiary/aromatic N) is 2. The Kier molecular flexibility index (Phi) is 4.12. The Bertz CT molecular complexity index is 557. The zero-order valence-corrected chi connectivity index (χ0v) is 13.1. The van der Waals surface area contributed by atoms with Crippen LogP contribution < -0.4 is 5.32 Å². The summed E-state index contributed by atoms with van der Waals surface area (Å²) in [6.45, 7) is 5.29. The molecule has 0 radical (unpaired) electrons. The van der Waals surface area contributed by atoms with E-state index in [1.807, 2.05) is 30.0 Å². The molecule has 0 aliphatic heterocycles. The molecule has 3 nitrogen and oxygen atoms in total. The predicted octanol–water partition coefficient (Wildman–Crippen LogP) is 3.95. The molecule has 1 aromatic carbocycles. The van der Waals surface area contributed by atoms with Crippen LogP contribution in [0.5, 0.6) is 0 Å². The minimum atomic E-state index is 0.184. The second kappa shape index (κ2) is 5.45. The summed E-state index contributed by atoms with van der Waals surface area (Å²) in [5, 5.41) is 4.46. The molecule has 0 aliphatic carbocycles. The summed E-state index contributed by atoms with van der Waals surface area (Å²) < 4.78 is 1.22. The van der Waals surface area contributed by atoms with Crippen LogP contribution in [-0.4, -0.2) is 27.5 Å². The zero-order chi connectivity index (χ0) is 13.2. The first-order valence-corrected chi connectivity index (χ1v) is 7.73. The molecule has 2 aromatic rings. The fourth-order valence-electron chi connectivity index (χ4n) is 1.54. The highest BCUT2D eigenvalue weighted by molar-refractivity contribution is 9.10. The molecule has 0 unspecified atom stereocenters. The number of fused-ring (bicyclic) bond motifs is 1. The van der Waals surface area contributed by atoms with Gasteiger partial charge in [0.1, 0.15) is 12.1 Å². The molecule has 0 fully saturated rings. The van der Waals surface area contributed by atoms with Crippen molar-refractivity contribution in [2.24, 2.45) is 0 Å². The largest absolute Gasteiger partial charge is 0.368 e. The topological polar surface area (TPSA) is 37.8 Å². The summed E-state index contributed by atoms with van der Waals surface area (Å²) in [6.07, 6.45) is 3.72. The lowest BCUT2D eigenvalue weighted by Gasteiger charge is -2.22. The minimum absolute atomic E-state index is 0.184. The van der Waals surface area contributed by atoms with Crippen molar-refractivity contribution in [2.45, 2.75) is 18.6 Å². The standard InChI is InChI=1S/C13H16BrN3S/c1-13(2,18-3)7-15-12-10-6-9(14)4-5-11(10)16-8-17-12/h4-6,8H,7H2,1-3H3,(H,15,16,17). The van der Waals surface area contributed by atoms with Crippen molar-refractivity contribution in [2.75, 3.05) is 18.1 Å². The number of rotatable bonds is 4. The summed E-state index contributed by atoms with van der Waals surface area (Å²) >= 11 is 5.32. The maximum atomic E-state index is 4.33. The first-order valence-electron chi connectivity index (χ1n) is 5.71. The van der Waals surface area contributed by atoms with Crippen LogP contribution in [-0.2, 0) is 0 Å². The highest BCUT2D eigenvalue weighted by Crippen LogP contribution is 2.26. The molecule has 0 amide bonds. The van der Waals surface area contributed by atoms with Crippen molar-refractivity contribution in [3.05, 3.63) is 29.0 Å². The fourth-order valence-corrected chi connectivity index (χ4v) is 2.12. The lowest BCUT2D eigenvalue weighted by molar-refractivity contribution is 0.750. The number of anilines is 1. The quantitative estimate of drug-likeness (QED) is 0.923. The fraction of sp³-hybridized carbons (Fsp3) is 0.385. The lowest BCUT2D eigenvalue weighted by atomic mass is 10.2. The molecular weight excluding hydrogens is 310 g/mol. The normalized spacial score (nSPS) is 11.8. The van der Waals surface area contributed by atoms with E-state index in [0.29, 0.717) is 0 Å². The molecule has 0 aliphatic rings. The summed E-state index contributed by atoms with van der Waals surface area (Å²) in [7, 11) is 0. The Labute approximate surface area is 120 Å². The van der Waals surface area contributed by atoms with E-state index < -0.39 is 0 Å². The lowest BCUT2D eigenvalue weighted by Crippen LogP contribution is -2.26. The predicted molar refractivity (Wildman–Crippen MR) is 83.3 cm³/mol. The summed E-state index contributed by atoms with van der Waals surface area (Å²) in [4.78, 5) is 8.60. The van der Waals surface area contributed by atoms with Crippen LogP contribution >= 0.6 is 27.7 Å². The first kappa shape index (κ1) is 13.6. The zero-order valence-electron chi connectivity index (χ0n) is 10.7. The number of benzene rings is 1. The van der Waals surface area contributed by atoms with Gasteiger partial charge >= 0.3 is 0 Å². The van der Waals surface area contributed by atoms with Crippen molar-refractivity contribution in [1.29, 1.82) is 0 Å². The van der Waals surface area contributed by atoms with E-state index in [0.717, 1.165) is 27.7 Å². The van der Waals surface area contributed by atoms with E-state index in [1.54, 1.807) is 6.33 Å². The van der Waals surface area contributed by atoms with E-state index in [9.17, 15) is 0 Å². The van der Waals surface area contributed by atoms with Gasteiger partial charge in [-0.2, -0.15) is 11.8 Å². The Hall–Kier alpha value is -0.810. The molecule has 0 saturated carbocycles. The highest BCUT2D eigenvalue weighted by atomic mass is 79.9. The second-order valence-corrected chi connectivity index (χ2v) is 7.13. The van der Waals surface area contributed by atoms with Gasteiger partial charge < -0.3 is 5.32 Å². The molecule has 0 saturated heterocycles. The van der Waals surface area contributed by atoms with Gasteiger partial charge in [-0.25, -0.2) is 9.97 Å². The molecule has 0 atom stereocenters. The van der Waals surface area contributed by atoms with Crippen LogP contribution in [0.1, 0.15) is 13.8 Å². The minimum Gasteiger partial charge on any atom is -0.368 e. The van der Waals surface area contributed by atoms with Crippen LogP contribution in [0.3, 0.4) is 0 Å². The van der Waals surface area contributed by atoms with E-state index in [4.69, 9.17) is 0 Å². The second-order valence-electron chi connectivity index (χ2n) is 4.70. The Morgan fingerprint density at radius 2 is 2.11 bits per heavy atom. The highest BCUT2D eigenvalue weighted by Gasteiger charge is 2.16. The van der Waals surface area contributed by atoms with Crippen molar-refractivity contribution in [3.8, 4) is 0 Å². The molecule has 2 rings (SSSR count). The van der Waals surface area contributed by atoms with Crippen molar-refractivity contribution < 1.29 is 0 Å². The molecule has 0 spiro atoms. The van der Waals surface area contributed by atoms with Gasteiger partial charge in [-0.3, -0.25) is 0 Å². The molecular formula is C13H16BrN3S. The van der Waals surface area contributed by atoms with Crippen LogP contribution in [0, 0.1) is 0 Å². The SMILES string of the molecule is CSC(C)(C)CNc1ncnc2ccc(Br)cc12. The summed E-state index contributed by atoms with van der Waals surface area (Å²) in [5.74, 6) is 0.892. The van der Waals surface area contributed by atoms with Crippen molar-refractivity contribution in [3.63, 3.8) is 0 Å². The van der Waals surface area contributed by atoms with Gasteiger partial charge in [-0.1, -0.05) is 15.9 Å². The number of thioether (sulfide) groups is 1. The van der Waals surface area contributed by atoms with Crippen molar-refractivity contribution >= 4 is 44.4 Å². The monoisotopic (exact) mass is 325 g/mol. The molecule has 1 heterocycles. The third-order valence-electron chi connectivity index (χ3n) is 2.83. The third kappa shape index (κ3) is 3.14. The molecule has 5 heteroatoms. The van der Waals surface area contributed by atoms with Gasteiger partial charge in [0.2, 0.25) is 0 Å². The van der Waals surface area contributed by atoms with E-state index >= 15 is 0 Å². The van der Waals surface area contributed by atoms with Crippen LogP contribution in [0.25, 0.3) is 10.9 Å². The first-order chi connectivity index (χ1) is 8.52. The summed E-state index contributed by atoms with van der Waals surface area (Å²) in [5.41, 5.74) is 0.956. The molecule has 18 heavy (non-hydrogen) atoms. The van der Waals surface area contributed by atoms with Gasteiger partial charge in [0, 0.05) is 21.2 Å². The van der Waals surface area contributed by atoms with Gasteiger partial charge in [0.15, 0.2) is 0 Å². The third-order valence-corrected chi connectivity index (χ3v) is 4.57. The van der Waals surface area contributed by atoms with Gasteiger partial charge in [0.25, 0.3) is 0 Å². The van der Waals surface area contributed by atoms with Gasteiger partial charge in [-0.15, -0.1) is 0 Å². The number of aromatic nitrogens is 2. The Morgan fingerprint density at radius 1 is 1.33 bits per heavy atom. The van der Waals surface area contributed by atoms with Crippen LogP contribution in [0.2, 0.25) is 0 Å². The number of hydrogen-bond donors (Lipinski definition) is 1. The molecule has 0 bridgehead atoms. The molecule has 1 N–H and O–H groups in total. The molecule has 1 aromatic heterocycles. The maximum absolute atomic E-state index is 4.33. The van der Waals surface area contributed by atoms with E-state index in [2.05, 4.69) is 51.3 Å². The maximum Gasteiger partial charge on any atom is 0.137 e. The van der Waals surface area contributed by atoms with Crippen LogP contribution in [0.4, 0.5) is 5.82 Å². The van der Waals surface area contributed by atoms with Crippen LogP contribution in [0.15, 0.2) is 29.0 Å². The smallest absolute Gasteiger partial charge is 0.137 e. The molecule has 96 valence electrons. The summed E-state index contributed by atoms with van der Waals surface area (Å²) in [6, 6.07) is 6.03. The van der Waals surface area contributed by atoms with E-state index in [-0.39, 0.29) is 4.75 Å². The van der Waals surface area contributed by atoms with E-state index in [1.165, 1.54) is 0 Å². The Morgan fingerprint density at radius 3 is 2.83 bits per heavy atom. The number of hydrogen-bond acceptors (Lipinski definition) is 4. The average Bonchev–Trinajstić information content (AvgIpc) is 2.36. The van der Waals surface area contributed by atoms with Gasteiger partial charge in [0.05, 0.1) is 5.52 Å². The van der Waals surface area contributed by atoms with Gasteiger partial charge in [-0.05, 0) is 38.3 Å². The number of nitrogens with one attached hydrogen (secondary N) is 1. The van der Waals surface area contributed by atoms with Crippen molar-refractivity contribution in [1.82, 2.24) is 9.97 Å². The average molecular weight is 326 g/mol.